The van der Waals surface area contributed by atoms with Gasteiger partial charge in [-0.1, -0.05) is 30.3 Å². The van der Waals surface area contributed by atoms with Gasteiger partial charge in [-0.3, -0.25) is 4.98 Å². The SMILES string of the molecule is Cc1cc(-c2c(SCc3ccccc3)nc(NC(C)(C)C)nc2-c2ccc(F)cc2)cc(C)n1. The van der Waals surface area contributed by atoms with Crippen molar-refractivity contribution >= 4 is 17.7 Å². The van der Waals surface area contributed by atoms with Gasteiger partial charge in [0.05, 0.1) is 5.69 Å². The number of thioether (sulfide) groups is 1. The highest BCUT2D eigenvalue weighted by Gasteiger charge is 2.21. The first-order valence-electron chi connectivity index (χ1n) is 11.3. The molecule has 0 aliphatic rings. The molecular formula is C28H29FN4S. The van der Waals surface area contributed by atoms with E-state index >= 15 is 0 Å². The number of aromatic nitrogens is 3. The molecule has 0 bridgehead atoms. The number of halogens is 1. The average Bonchev–Trinajstić information content (AvgIpc) is 2.77. The van der Waals surface area contributed by atoms with Crippen molar-refractivity contribution in [2.24, 2.45) is 0 Å². The van der Waals surface area contributed by atoms with Gasteiger partial charge in [0.2, 0.25) is 5.95 Å². The predicted molar refractivity (Wildman–Crippen MR) is 140 cm³/mol. The Kier molecular flexibility index (Phi) is 6.98. The Bertz CT molecular complexity index is 1260. The van der Waals surface area contributed by atoms with Gasteiger partial charge >= 0.3 is 0 Å². The molecule has 2 aromatic carbocycles. The Morgan fingerprint density at radius 3 is 2.09 bits per heavy atom. The molecule has 174 valence electrons. The number of anilines is 1. The third kappa shape index (κ3) is 6.00. The van der Waals surface area contributed by atoms with Crippen LogP contribution >= 0.6 is 11.8 Å². The summed E-state index contributed by atoms with van der Waals surface area (Å²) in [6, 6.07) is 20.9. The standard InChI is InChI=1S/C28H29FN4S/c1-18-15-22(16-19(2)30-18)24-25(21-11-13-23(29)14-12-21)31-27(33-28(3,4)5)32-26(24)34-17-20-9-7-6-8-10-20/h6-16H,17H2,1-5H3,(H,31,32,33). The maximum absolute atomic E-state index is 13.8. The van der Waals surface area contributed by atoms with Crippen molar-refractivity contribution in [3.63, 3.8) is 0 Å². The Morgan fingerprint density at radius 1 is 0.824 bits per heavy atom. The second-order valence-corrected chi connectivity index (χ2v) is 10.3. The van der Waals surface area contributed by atoms with Crippen molar-refractivity contribution in [1.29, 1.82) is 0 Å². The normalized spacial score (nSPS) is 11.5. The summed E-state index contributed by atoms with van der Waals surface area (Å²) < 4.78 is 13.8. The second-order valence-electron chi connectivity index (χ2n) is 9.37. The molecule has 2 heterocycles. The van der Waals surface area contributed by atoms with Gasteiger partial charge in [0.1, 0.15) is 10.8 Å². The van der Waals surface area contributed by atoms with Crippen molar-refractivity contribution in [3.05, 3.63) is 89.5 Å². The Labute approximate surface area is 205 Å². The van der Waals surface area contributed by atoms with Crippen LogP contribution in [-0.2, 0) is 5.75 Å². The van der Waals surface area contributed by atoms with E-state index in [0.717, 1.165) is 44.6 Å². The lowest BCUT2D eigenvalue weighted by Gasteiger charge is -2.23. The minimum absolute atomic E-state index is 0.215. The molecule has 0 radical (unpaired) electrons. The summed E-state index contributed by atoms with van der Waals surface area (Å²) in [6.45, 7) is 10.2. The molecule has 0 atom stereocenters. The molecule has 0 aliphatic carbocycles. The summed E-state index contributed by atoms with van der Waals surface area (Å²) in [4.78, 5) is 14.4. The van der Waals surface area contributed by atoms with E-state index in [1.165, 1.54) is 17.7 Å². The third-order valence-corrected chi connectivity index (χ3v) is 6.12. The maximum atomic E-state index is 13.8. The van der Waals surface area contributed by atoms with Crippen LogP contribution in [0.4, 0.5) is 10.3 Å². The number of benzene rings is 2. The highest BCUT2D eigenvalue weighted by Crippen LogP contribution is 2.40. The van der Waals surface area contributed by atoms with Crippen LogP contribution in [0.25, 0.3) is 22.4 Å². The molecule has 0 saturated heterocycles. The zero-order valence-corrected chi connectivity index (χ0v) is 21.0. The molecule has 34 heavy (non-hydrogen) atoms. The zero-order valence-electron chi connectivity index (χ0n) is 20.2. The highest BCUT2D eigenvalue weighted by molar-refractivity contribution is 7.98. The van der Waals surface area contributed by atoms with E-state index in [2.05, 4.69) is 55.3 Å². The molecular weight excluding hydrogens is 443 g/mol. The van der Waals surface area contributed by atoms with Gasteiger partial charge in [-0.25, -0.2) is 14.4 Å². The number of nitrogens with one attached hydrogen (secondary N) is 1. The van der Waals surface area contributed by atoms with E-state index in [1.54, 1.807) is 23.9 Å². The number of hydrogen-bond acceptors (Lipinski definition) is 5. The highest BCUT2D eigenvalue weighted by atomic mass is 32.2. The van der Waals surface area contributed by atoms with Crippen LogP contribution in [0.5, 0.6) is 0 Å². The Hall–Kier alpha value is -3.25. The Balaban J connectivity index is 1.93. The van der Waals surface area contributed by atoms with E-state index in [-0.39, 0.29) is 11.4 Å². The van der Waals surface area contributed by atoms with Crippen LogP contribution in [0, 0.1) is 19.7 Å². The number of aryl methyl sites for hydroxylation is 2. The van der Waals surface area contributed by atoms with Crippen LogP contribution in [-0.4, -0.2) is 20.5 Å². The molecule has 0 fully saturated rings. The number of rotatable bonds is 6. The molecule has 0 unspecified atom stereocenters. The van der Waals surface area contributed by atoms with E-state index in [9.17, 15) is 4.39 Å². The van der Waals surface area contributed by atoms with Crippen molar-refractivity contribution in [1.82, 2.24) is 15.0 Å². The number of pyridine rings is 1. The lowest BCUT2D eigenvalue weighted by Crippen LogP contribution is -2.27. The van der Waals surface area contributed by atoms with Crippen LogP contribution < -0.4 is 5.32 Å². The lowest BCUT2D eigenvalue weighted by molar-refractivity contribution is 0.624. The minimum Gasteiger partial charge on any atom is -0.350 e. The molecule has 0 aliphatic heterocycles. The summed E-state index contributed by atoms with van der Waals surface area (Å²) in [5.41, 5.74) is 6.39. The van der Waals surface area contributed by atoms with Gasteiger partial charge < -0.3 is 5.32 Å². The van der Waals surface area contributed by atoms with Gasteiger partial charge in [-0.2, -0.15) is 0 Å². The van der Waals surface area contributed by atoms with Gasteiger partial charge in [0.25, 0.3) is 0 Å². The summed E-state index contributed by atoms with van der Waals surface area (Å²) in [5.74, 6) is 1.04. The largest absolute Gasteiger partial charge is 0.350 e. The fourth-order valence-corrected chi connectivity index (χ4v) is 4.72. The summed E-state index contributed by atoms with van der Waals surface area (Å²) in [5, 5.41) is 4.29. The van der Waals surface area contributed by atoms with Crippen molar-refractivity contribution in [3.8, 4) is 22.4 Å². The molecule has 4 aromatic rings. The Morgan fingerprint density at radius 2 is 1.47 bits per heavy atom. The zero-order chi connectivity index (χ0) is 24.3. The maximum Gasteiger partial charge on any atom is 0.224 e. The molecule has 2 aromatic heterocycles. The smallest absolute Gasteiger partial charge is 0.224 e. The molecule has 0 amide bonds. The second kappa shape index (κ2) is 9.94. The molecule has 0 saturated carbocycles. The number of hydrogen-bond donors (Lipinski definition) is 1. The predicted octanol–water partition coefficient (Wildman–Crippen LogP) is 7.46. The quantitative estimate of drug-likeness (QED) is 0.233. The lowest BCUT2D eigenvalue weighted by atomic mass is 10.00. The first kappa shape index (κ1) is 23.9. The molecule has 4 rings (SSSR count). The molecule has 4 nitrogen and oxygen atoms in total. The fraction of sp³-hybridized carbons (Fsp3) is 0.250. The summed E-state index contributed by atoms with van der Waals surface area (Å²) >= 11 is 1.67. The third-order valence-electron chi connectivity index (χ3n) is 5.07. The summed E-state index contributed by atoms with van der Waals surface area (Å²) in [7, 11) is 0. The van der Waals surface area contributed by atoms with Crippen LogP contribution in [0.1, 0.15) is 37.7 Å². The van der Waals surface area contributed by atoms with Crippen LogP contribution in [0.3, 0.4) is 0 Å². The van der Waals surface area contributed by atoms with Crippen LogP contribution in [0.15, 0.2) is 71.8 Å². The number of nitrogens with zero attached hydrogens (tertiary/aromatic N) is 3. The topological polar surface area (TPSA) is 50.7 Å². The van der Waals surface area contributed by atoms with E-state index < -0.39 is 0 Å². The van der Waals surface area contributed by atoms with Crippen molar-refractivity contribution in [2.75, 3.05) is 5.32 Å². The molecule has 0 spiro atoms. The monoisotopic (exact) mass is 472 g/mol. The van der Waals surface area contributed by atoms with Gasteiger partial charge in [-0.05, 0) is 82.1 Å². The minimum atomic E-state index is -0.276. The van der Waals surface area contributed by atoms with Crippen molar-refractivity contribution in [2.45, 2.75) is 50.9 Å². The van der Waals surface area contributed by atoms with Crippen LogP contribution in [0.2, 0.25) is 0 Å². The van der Waals surface area contributed by atoms with Gasteiger partial charge in [0, 0.05) is 33.8 Å². The van der Waals surface area contributed by atoms with Gasteiger partial charge in [0.15, 0.2) is 0 Å². The first-order valence-corrected chi connectivity index (χ1v) is 12.2. The molecule has 1 N–H and O–H groups in total. The van der Waals surface area contributed by atoms with Gasteiger partial charge in [-0.15, -0.1) is 11.8 Å². The van der Waals surface area contributed by atoms with E-state index in [1.807, 2.05) is 32.0 Å². The van der Waals surface area contributed by atoms with E-state index in [0.29, 0.717) is 5.95 Å². The summed E-state index contributed by atoms with van der Waals surface area (Å²) in [6.07, 6.45) is 0. The first-order chi connectivity index (χ1) is 16.2. The van der Waals surface area contributed by atoms with Crippen molar-refractivity contribution < 1.29 is 4.39 Å². The van der Waals surface area contributed by atoms with E-state index in [4.69, 9.17) is 9.97 Å². The fourth-order valence-electron chi connectivity index (χ4n) is 3.72. The average molecular weight is 473 g/mol. The molecule has 6 heteroatoms.